The number of carbonyl (C=O) groups excluding carboxylic acids is 1. The molecule has 6 heteroatoms. The molecule has 6 nitrogen and oxygen atoms in total. The van der Waals surface area contributed by atoms with Crippen LogP contribution >= 0.6 is 0 Å². The van der Waals surface area contributed by atoms with Crippen molar-refractivity contribution in [3.05, 3.63) is 29.8 Å². The predicted molar refractivity (Wildman–Crippen MR) is 65.0 cm³/mol. The molecule has 0 spiro atoms. The predicted octanol–water partition coefficient (Wildman–Crippen LogP) is -0.0274. The van der Waals surface area contributed by atoms with Gasteiger partial charge < -0.3 is 24.4 Å². The lowest BCUT2D eigenvalue weighted by Gasteiger charge is -2.14. The van der Waals surface area contributed by atoms with Gasteiger partial charge in [-0.15, -0.1) is 0 Å². The number of benzene rings is 1. The van der Waals surface area contributed by atoms with Gasteiger partial charge in [0.15, 0.2) is 0 Å². The molecule has 3 atom stereocenters. The van der Waals surface area contributed by atoms with Gasteiger partial charge in [0, 0.05) is 0 Å². The van der Waals surface area contributed by atoms with E-state index in [-0.39, 0.29) is 13.2 Å². The zero-order valence-electron chi connectivity index (χ0n) is 10.5. The van der Waals surface area contributed by atoms with Crippen LogP contribution in [-0.4, -0.2) is 54.8 Å². The molecule has 0 bridgehead atoms. The molecule has 2 rings (SSSR count). The third-order valence-electron chi connectivity index (χ3n) is 2.96. The van der Waals surface area contributed by atoms with E-state index in [0.717, 1.165) is 0 Å². The molecule has 104 valence electrons. The lowest BCUT2D eigenvalue weighted by atomic mass is 10.1. The number of aliphatic hydroxyl groups is 2. The third kappa shape index (κ3) is 3.23. The largest absolute Gasteiger partial charge is 0.497 e. The molecular formula is C13H16O6. The van der Waals surface area contributed by atoms with Gasteiger partial charge in [0.05, 0.1) is 19.3 Å². The van der Waals surface area contributed by atoms with E-state index in [1.54, 1.807) is 24.3 Å². The molecule has 0 amide bonds. The highest BCUT2D eigenvalue weighted by Crippen LogP contribution is 2.16. The van der Waals surface area contributed by atoms with Crippen LogP contribution in [0.25, 0.3) is 0 Å². The summed E-state index contributed by atoms with van der Waals surface area (Å²) in [7, 11) is 1.54. The zero-order valence-corrected chi connectivity index (χ0v) is 10.5. The van der Waals surface area contributed by atoms with Gasteiger partial charge in [0.25, 0.3) is 0 Å². The summed E-state index contributed by atoms with van der Waals surface area (Å²) in [6.45, 7) is -0.0466. The summed E-state index contributed by atoms with van der Waals surface area (Å²) >= 11 is 0. The highest BCUT2D eigenvalue weighted by molar-refractivity contribution is 5.89. The van der Waals surface area contributed by atoms with Gasteiger partial charge in [-0.1, -0.05) is 0 Å². The number of esters is 1. The minimum atomic E-state index is -1.02. The fourth-order valence-corrected chi connectivity index (χ4v) is 1.78. The molecule has 1 heterocycles. The summed E-state index contributed by atoms with van der Waals surface area (Å²) in [5, 5.41) is 18.8. The molecule has 0 aliphatic carbocycles. The van der Waals surface area contributed by atoms with Gasteiger partial charge in [0.1, 0.15) is 30.7 Å². The Morgan fingerprint density at radius 2 is 2.05 bits per heavy atom. The maximum Gasteiger partial charge on any atom is 0.338 e. The van der Waals surface area contributed by atoms with E-state index in [1.807, 2.05) is 0 Å². The van der Waals surface area contributed by atoms with Crippen LogP contribution in [0.4, 0.5) is 0 Å². The third-order valence-corrected chi connectivity index (χ3v) is 2.96. The summed E-state index contributed by atoms with van der Waals surface area (Å²) in [6, 6.07) is 6.48. The minimum absolute atomic E-state index is 0.0475. The molecule has 1 fully saturated rings. The topological polar surface area (TPSA) is 85.2 Å². The lowest BCUT2D eigenvalue weighted by molar-refractivity contribution is -0.0204. The normalized spacial score (nSPS) is 26.2. The summed E-state index contributed by atoms with van der Waals surface area (Å²) in [6.07, 6.45) is -2.63. The van der Waals surface area contributed by atoms with Crippen molar-refractivity contribution < 1.29 is 29.2 Å². The summed E-state index contributed by atoms with van der Waals surface area (Å²) in [5.74, 6) is 0.133. The van der Waals surface area contributed by atoms with Gasteiger partial charge in [-0.2, -0.15) is 0 Å². The molecule has 1 aromatic carbocycles. The standard InChI is InChI=1S/C13H16O6/c1-17-9-4-2-8(3-5-9)13(16)19-7-11-12(15)10(14)6-18-11/h2-5,10-12,14-15H,6-7H2,1H3. The molecule has 0 aromatic heterocycles. The fraction of sp³-hybridized carbons (Fsp3) is 0.462. The van der Waals surface area contributed by atoms with Gasteiger partial charge in [-0.05, 0) is 24.3 Å². The van der Waals surface area contributed by atoms with Crippen molar-refractivity contribution in [1.29, 1.82) is 0 Å². The van der Waals surface area contributed by atoms with Gasteiger partial charge in [0.2, 0.25) is 0 Å². The van der Waals surface area contributed by atoms with E-state index < -0.39 is 24.3 Å². The van der Waals surface area contributed by atoms with Crippen molar-refractivity contribution in [3.63, 3.8) is 0 Å². The monoisotopic (exact) mass is 268 g/mol. The molecule has 2 N–H and O–H groups in total. The number of ether oxygens (including phenoxy) is 3. The van der Waals surface area contributed by atoms with Gasteiger partial charge in [-0.25, -0.2) is 4.79 Å². The van der Waals surface area contributed by atoms with E-state index in [0.29, 0.717) is 11.3 Å². The summed E-state index contributed by atoms with van der Waals surface area (Å²) in [5.41, 5.74) is 0.383. The van der Waals surface area contributed by atoms with Crippen LogP contribution in [0.5, 0.6) is 5.75 Å². The van der Waals surface area contributed by atoms with Gasteiger partial charge in [-0.3, -0.25) is 0 Å². The molecule has 0 radical (unpaired) electrons. The zero-order chi connectivity index (χ0) is 13.8. The number of hydrogen-bond acceptors (Lipinski definition) is 6. The smallest absolute Gasteiger partial charge is 0.338 e. The van der Waals surface area contributed by atoms with Crippen LogP contribution in [0.3, 0.4) is 0 Å². The first-order valence-corrected chi connectivity index (χ1v) is 5.90. The van der Waals surface area contributed by atoms with Crippen LogP contribution in [0.2, 0.25) is 0 Å². The Kier molecular flexibility index (Phi) is 4.36. The summed E-state index contributed by atoms with van der Waals surface area (Å²) < 4.78 is 15.1. The van der Waals surface area contributed by atoms with Crippen molar-refractivity contribution in [2.75, 3.05) is 20.3 Å². The number of aliphatic hydroxyl groups excluding tert-OH is 2. The molecule has 3 unspecified atom stereocenters. The Labute approximate surface area is 110 Å². The quantitative estimate of drug-likeness (QED) is 0.746. The lowest BCUT2D eigenvalue weighted by Crippen LogP contribution is -2.33. The SMILES string of the molecule is COc1ccc(C(=O)OCC2OCC(O)C2O)cc1. The second-order valence-corrected chi connectivity index (χ2v) is 4.26. The van der Waals surface area contributed by atoms with E-state index in [9.17, 15) is 15.0 Å². The Morgan fingerprint density at radius 1 is 1.37 bits per heavy atom. The van der Waals surface area contributed by atoms with Crippen molar-refractivity contribution in [1.82, 2.24) is 0 Å². The first-order valence-electron chi connectivity index (χ1n) is 5.90. The molecular weight excluding hydrogens is 252 g/mol. The van der Waals surface area contributed by atoms with Crippen molar-refractivity contribution >= 4 is 5.97 Å². The first kappa shape index (κ1) is 13.8. The van der Waals surface area contributed by atoms with E-state index >= 15 is 0 Å². The molecule has 1 aromatic rings. The van der Waals surface area contributed by atoms with E-state index in [2.05, 4.69) is 0 Å². The summed E-state index contributed by atoms with van der Waals surface area (Å²) in [4.78, 5) is 11.7. The van der Waals surface area contributed by atoms with Crippen molar-refractivity contribution in [3.8, 4) is 5.75 Å². The molecule has 19 heavy (non-hydrogen) atoms. The van der Waals surface area contributed by atoms with Crippen LogP contribution in [0.1, 0.15) is 10.4 Å². The maximum atomic E-state index is 11.7. The van der Waals surface area contributed by atoms with E-state index in [4.69, 9.17) is 14.2 Å². The highest BCUT2D eigenvalue weighted by Gasteiger charge is 2.35. The van der Waals surface area contributed by atoms with Crippen LogP contribution < -0.4 is 4.74 Å². The van der Waals surface area contributed by atoms with Crippen LogP contribution in [0.15, 0.2) is 24.3 Å². The number of carbonyl (C=O) groups is 1. The molecule has 0 saturated carbocycles. The number of rotatable bonds is 4. The number of hydrogen-bond donors (Lipinski definition) is 2. The van der Waals surface area contributed by atoms with Crippen molar-refractivity contribution in [2.24, 2.45) is 0 Å². The van der Waals surface area contributed by atoms with Gasteiger partial charge >= 0.3 is 5.97 Å². The number of methoxy groups -OCH3 is 1. The second kappa shape index (κ2) is 6.01. The average molecular weight is 268 g/mol. The van der Waals surface area contributed by atoms with Crippen molar-refractivity contribution in [2.45, 2.75) is 18.3 Å². The highest BCUT2D eigenvalue weighted by atomic mass is 16.6. The molecule has 1 aliphatic rings. The average Bonchev–Trinajstić information content (AvgIpc) is 2.76. The fourth-order valence-electron chi connectivity index (χ4n) is 1.78. The first-order chi connectivity index (χ1) is 9.11. The maximum absolute atomic E-state index is 11.7. The van der Waals surface area contributed by atoms with Crippen LogP contribution in [-0.2, 0) is 9.47 Å². The van der Waals surface area contributed by atoms with E-state index in [1.165, 1.54) is 7.11 Å². The van der Waals surface area contributed by atoms with Crippen LogP contribution in [0, 0.1) is 0 Å². The second-order valence-electron chi connectivity index (χ2n) is 4.26. The Balaban J connectivity index is 1.87. The Morgan fingerprint density at radius 3 is 2.58 bits per heavy atom. The molecule has 1 saturated heterocycles. The molecule has 1 aliphatic heterocycles. The minimum Gasteiger partial charge on any atom is -0.497 e. The Bertz CT molecular complexity index is 429. The Hall–Kier alpha value is -1.63.